The van der Waals surface area contributed by atoms with E-state index in [2.05, 4.69) is 5.32 Å². The highest BCUT2D eigenvalue weighted by atomic mass is 35.5. The van der Waals surface area contributed by atoms with Gasteiger partial charge in [-0.1, -0.05) is 35.3 Å². The Morgan fingerprint density at radius 2 is 1.93 bits per heavy atom. The molecule has 0 radical (unpaired) electrons. The van der Waals surface area contributed by atoms with Crippen LogP contribution in [0.3, 0.4) is 0 Å². The van der Waals surface area contributed by atoms with Crippen LogP contribution in [-0.4, -0.2) is 35.8 Å². The van der Waals surface area contributed by atoms with Gasteiger partial charge in [0.25, 0.3) is 5.91 Å². The lowest BCUT2D eigenvalue weighted by Crippen LogP contribution is -2.42. The predicted octanol–water partition coefficient (Wildman–Crippen LogP) is 3.69. The van der Waals surface area contributed by atoms with Crippen molar-refractivity contribution in [1.82, 2.24) is 5.32 Å². The Balaban J connectivity index is 2.06. The minimum absolute atomic E-state index is 0.0483. The van der Waals surface area contributed by atoms with Crippen molar-refractivity contribution in [3.63, 3.8) is 0 Å². The summed E-state index contributed by atoms with van der Waals surface area (Å²) in [5.74, 6) is -0.999. The molecule has 2 rings (SSSR count). The maximum atomic E-state index is 12.6. The van der Waals surface area contributed by atoms with Gasteiger partial charge in [-0.3, -0.25) is 9.59 Å². The first-order valence-corrected chi connectivity index (χ1v) is 10.8. The second-order valence-electron chi connectivity index (χ2n) is 6.10. The van der Waals surface area contributed by atoms with Gasteiger partial charge in [-0.2, -0.15) is 11.8 Å². The quantitative estimate of drug-likeness (QED) is 0.562. The van der Waals surface area contributed by atoms with Crippen molar-refractivity contribution < 1.29 is 19.1 Å². The topological polar surface area (TPSA) is 98.5 Å². The van der Waals surface area contributed by atoms with E-state index < -0.39 is 23.8 Å². The van der Waals surface area contributed by atoms with Gasteiger partial charge in [-0.05, 0) is 54.3 Å². The molecule has 1 unspecified atom stereocenters. The summed E-state index contributed by atoms with van der Waals surface area (Å²) in [6.07, 6.45) is 2.29. The molecule has 0 fully saturated rings. The largest absolute Gasteiger partial charge is 0.459 e. The predicted molar refractivity (Wildman–Crippen MR) is 115 cm³/mol. The number of rotatable bonds is 9. The Hall–Kier alpha value is -2.22. The first-order chi connectivity index (χ1) is 13.8. The monoisotopic (exact) mass is 454 g/mol. The summed E-state index contributed by atoms with van der Waals surface area (Å²) in [5, 5.41) is 3.26. The molecule has 2 amide bonds. The van der Waals surface area contributed by atoms with Crippen molar-refractivity contribution in [3.8, 4) is 0 Å². The number of nitrogens with two attached hydrogens (primary N) is 1. The number of carbonyl (C=O) groups is 3. The second-order valence-corrected chi connectivity index (χ2v) is 7.93. The van der Waals surface area contributed by atoms with Crippen molar-refractivity contribution in [2.75, 3.05) is 12.0 Å². The van der Waals surface area contributed by atoms with Crippen LogP contribution >= 0.6 is 35.0 Å². The third-order valence-corrected chi connectivity index (χ3v) is 5.16. The fourth-order valence-electron chi connectivity index (χ4n) is 2.46. The zero-order valence-corrected chi connectivity index (χ0v) is 17.9. The van der Waals surface area contributed by atoms with Crippen LogP contribution in [0, 0.1) is 0 Å². The summed E-state index contributed by atoms with van der Waals surface area (Å²) < 4.78 is 5.34. The Bertz CT molecular complexity index is 908. The SMILES string of the molecule is CSCCC(NC(=O)c1ccc(Cl)cc1Cl)C(=O)OCc1cccc(C(N)=O)c1. The molecule has 6 nitrogen and oxygen atoms in total. The van der Waals surface area contributed by atoms with Crippen LogP contribution in [0.4, 0.5) is 0 Å². The number of benzene rings is 2. The fraction of sp³-hybridized carbons (Fsp3) is 0.250. The van der Waals surface area contributed by atoms with Gasteiger partial charge in [0.2, 0.25) is 5.91 Å². The molecule has 0 spiro atoms. The normalized spacial score (nSPS) is 11.6. The van der Waals surface area contributed by atoms with Gasteiger partial charge in [0, 0.05) is 10.6 Å². The van der Waals surface area contributed by atoms with Gasteiger partial charge in [0.05, 0.1) is 10.6 Å². The molecule has 0 saturated heterocycles. The lowest BCUT2D eigenvalue weighted by atomic mass is 10.1. The fourth-order valence-corrected chi connectivity index (χ4v) is 3.43. The Morgan fingerprint density at radius 3 is 2.59 bits per heavy atom. The molecule has 0 saturated carbocycles. The summed E-state index contributed by atoms with van der Waals surface area (Å²) in [6.45, 7) is -0.0483. The van der Waals surface area contributed by atoms with E-state index in [1.807, 2.05) is 6.26 Å². The number of esters is 1. The molecule has 1 atom stereocenters. The van der Waals surface area contributed by atoms with Crippen LogP contribution in [0.2, 0.25) is 10.0 Å². The summed E-state index contributed by atoms with van der Waals surface area (Å²) >= 11 is 13.5. The van der Waals surface area contributed by atoms with Crippen LogP contribution < -0.4 is 11.1 Å². The summed E-state index contributed by atoms with van der Waals surface area (Å²) in [6, 6.07) is 10.1. The summed E-state index contributed by atoms with van der Waals surface area (Å²) in [7, 11) is 0. The molecule has 3 N–H and O–H groups in total. The van der Waals surface area contributed by atoms with Crippen LogP contribution in [0.15, 0.2) is 42.5 Å². The lowest BCUT2D eigenvalue weighted by Gasteiger charge is -2.18. The van der Waals surface area contributed by atoms with Gasteiger partial charge in [0.15, 0.2) is 0 Å². The second kappa shape index (κ2) is 11.1. The number of nitrogens with one attached hydrogen (secondary N) is 1. The van der Waals surface area contributed by atoms with Crippen molar-refractivity contribution in [3.05, 3.63) is 69.2 Å². The van der Waals surface area contributed by atoms with Crippen LogP contribution in [-0.2, 0) is 16.1 Å². The maximum absolute atomic E-state index is 12.6. The first kappa shape index (κ1) is 23.1. The van der Waals surface area contributed by atoms with E-state index in [4.69, 9.17) is 33.7 Å². The molecular weight excluding hydrogens is 435 g/mol. The van der Waals surface area contributed by atoms with E-state index in [9.17, 15) is 14.4 Å². The highest BCUT2D eigenvalue weighted by molar-refractivity contribution is 7.98. The Kier molecular flexibility index (Phi) is 8.82. The molecule has 2 aromatic carbocycles. The van der Waals surface area contributed by atoms with Crippen LogP contribution in [0.5, 0.6) is 0 Å². The molecule has 0 bridgehead atoms. The van der Waals surface area contributed by atoms with E-state index >= 15 is 0 Å². The van der Waals surface area contributed by atoms with Crippen LogP contribution in [0.1, 0.15) is 32.7 Å². The first-order valence-electron chi connectivity index (χ1n) is 8.62. The molecular formula is C20H20Cl2N2O4S. The maximum Gasteiger partial charge on any atom is 0.329 e. The highest BCUT2D eigenvalue weighted by Crippen LogP contribution is 2.21. The van der Waals surface area contributed by atoms with E-state index in [1.54, 1.807) is 42.1 Å². The zero-order valence-electron chi connectivity index (χ0n) is 15.6. The molecule has 0 aromatic heterocycles. The minimum atomic E-state index is -0.846. The molecule has 0 aliphatic carbocycles. The standard InChI is InChI=1S/C20H20Cl2N2O4S/c1-29-8-7-17(24-19(26)15-6-5-14(21)10-16(15)22)20(27)28-11-12-3-2-4-13(9-12)18(23)25/h2-6,9-10,17H,7-8,11H2,1H3,(H2,23,25)(H,24,26). The van der Waals surface area contributed by atoms with Crippen molar-refractivity contribution in [2.45, 2.75) is 19.1 Å². The number of amides is 2. The molecule has 29 heavy (non-hydrogen) atoms. The molecule has 0 aliphatic rings. The molecule has 0 aliphatic heterocycles. The molecule has 9 heteroatoms. The van der Waals surface area contributed by atoms with Crippen molar-refractivity contribution in [1.29, 1.82) is 0 Å². The minimum Gasteiger partial charge on any atom is -0.459 e. The van der Waals surface area contributed by atoms with Gasteiger partial charge < -0.3 is 15.8 Å². The van der Waals surface area contributed by atoms with E-state index in [1.165, 1.54) is 12.1 Å². The van der Waals surface area contributed by atoms with E-state index in [-0.39, 0.29) is 17.2 Å². The van der Waals surface area contributed by atoms with Crippen molar-refractivity contribution >= 4 is 52.7 Å². The molecule has 2 aromatic rings. The number of halogens is 2. The number of primary amides is 1. The van der Waals surface area contributed by atoms with Gasteiger partial charge in [0.1, 0.15) is 12.6 Å². The average molecular weight is 455 g/mol. The highest BCUT2D eigenvalue weighted by Gasteiger charge is 2.24. The number of hydrogen-bond donors (Lipinski definition) is 2. The smallest absolute Gasteiger partial charge is 0.329 e. The van der Waals surface area contributed by atoms with Crippen LogP contribution in [0.25, 0.3) is 0 Å². The lowest BCUT2D eigenvalue weighted by molar-refractivity contribution is -0.147. The number of carbonyl (C=O) groups excluding carboxylic acids is 3. The van der Waals surface area contributed by atoms with E-state index in [0.29, 0.717) is 28.3 Å². The number of hydrogen-bond acceptors (Lipinski definition) is 5. The van der Waals surface area contributed by atoms with Gasteiger partial charge in [-0.15, -0.1) is 0 Å². The average Bonchev–Trinajstić information content (AvgIpc) is 2.69. The summed E-state index contributed by atoms with van der Waals surface area (Å²) in [5.41, 5.74) is 6.41. The third kappa shape index (κ3) is 6.96. The molecule has 0 heterocycles. The van der Waals surface area contributed by atoms with Crippen molar-refractivity contribution in [2.24, 2.45) is 5.73 Å². The van der Waals surface area contributed by atoms with Gasteiger partial charge >= 0.3 is 5.97 Å². The molecule has 154 valence electrons. The Labute approximate surface area is 183 Å². The third-order valence-electron chi connectivity index (χ3n) is 3.97. The number of ether oxygens (including phenoxy) is 1. The summed E-state index contributed by atoms with van der Waals surface area (Å²) in [4.78, 5) is 36.4. The van der Waals surface area contributed by atoms with Gasteiger partial charge in [-0.25, -0.2) is 4.79 Å². The van der Waals surface area contributed by atoms with E-state index in [0.717, 1.165) is 0 Å². The Morgan fingerprint density at radius 1 is 1.17 bits per heavy atom. The zero-order chi connectivity index (χ0) is 21.4. The number of thioether (sulfide) groups is 1.